The number of guanidine groups is 1. The van der Waals surface area contributed by atoms with Crippen molar-refractivity contribution in [3.05, 3.63) is 16.1 Å². The smallest absolute Gasteiger partial charge is 0.194 e. The molecule has 0 fully saturated rings. The molecule has 2 heterocycles. The van der Waals surface area contributed by atoms with E-state index in [4.69, 9.17) is 0 Å². The maximum Gasteiger partial charge on any atom is 0.194 e. The Kier molecular flexibility index (Phi) is 2.67. The number of rotatable bonds is 2. The Hall–Kier alpha value is -1.10. The van der Waals surface area contributed by atoms with Crippen LogP contribution in [0.15, 0.2) is 10.4 Å². The van der Waals surface area contributed by atoms with Gasteiger partial charge < -0.3 is 10.2 Å². The van der Waals surface area contributed by atoms with E-state index in [0.717, 1.165) is 36.3 Å². The summed E-state index contributed by atoms with van der Waals surface area (Å²) in [4.78, 5) is 10.9. The van der Waals surface area contributed by atoms with Crippen molar-refractivity contribution in [2.45, 2.75) is 13.5 Å². The van der Waals surface area contributed by atoms with Gasteiger partial charge >= 0.3 is 0 Å². The van der Waals surface area contributed by atoms with Gasteiger partial charge in [0.25, 0.3) is 0 Å². The lowest BCUT2D eigenvalue weighted by Gasteiger charge is -2.14. The molecule has 0 spiro atoms. The summed E-state index contributed by atoms with van der Waals surface area (Å²) in [5, 5.41) is 6.47. The predicted molar refractivity (Wildman–Crippen MR) is 58.6 cm³/mol. The summed E-state index contributed by atoms with van der Waals surface area (Å²) in [5.41, 5.74) is 1.09. The van der Waals surface area contributed by atoms with Gasteiger partial charge in [0.1, 0.15) is 5.01 Å². The lowest BCUT2D eigenvalue weighted by Crippen LogP contribution is -2.35. The zero-order chi connectivity index (χ0) is 9.97. The van der Waals surface area contributed by atoms with Crippen LogP contribution in [-0.2, 0) is 6.54 Å². The minimum absolute atomic E-state index is 0.779. The van der Waals surface area contributed by atoms with Gasteiger partial charge in [-0.05, 0) is 6.92 Å². The molecule has 0 aromatic carbocycles. The molecular weight excluding hydrogens is 196 g/mol. The van der Waals surface area contributed by atoms with Crippen LogP contribution in [0.25, 0.3) is 0 Å². The van der Waals surface area contributed by atoms with Gasteiger partial charge in [-0.2, -0.15) is 0 Å². The molecular formula is C9H14N4S. The highest BCUT2D eigenvalue weighted by atomic mass is 32.1. The molecule has 14 heavy (non-hydrogen) atoms. The van der Waals surface area contributed by atoms with E-state index in [-0.39, 0.29) is 0 Å². The molecule has 0 radical (unpaired) electrons. The molecule has 0 aliphatic carbocycles. The molecule has 0 atom stereocenters. The summed E-state index contributed by atoms with van der Waals surface area (Å²) < 4.78 is 0. The van der Waals surface area contributed by atoms with Crippen LogP contribution in [0.3, 0.4) is 0 Å². The SMILES string of the molecule is Cc1csc(CNC2=NCCN2C)n1. The maximum absolute atomic E-state index is 4.38. The number of thiazole rings is 1. The summed E-state index contributed by atoms with van der Waals surface area (Å²) in [7, 11) is 2.05. The third-order valence-corrected chi connectivity index (χ3v) is 3.09. The lowest BCUT2D eigenvalue weighted by atomic mass is 10.5. The summed E-state index contributed by atoms with van der Waals surface area (Å²) in [6.07, 6.45) is 0. The monoisotopic (exact) mass is 210 g/mol. The third-order valence-electron chi connectivity index (χ3n) is 2.12. The Bertz CT molecular complexity index is 344. The Labute approximate surface area is 87.7 Å². The standard InChI is InChI=1S/C9H14N4S/c1-7-6-14-8(12-7)5-11-9-10-3-4-13(9)2/h6H,3-5H2,1-2H3,(H,10,11). The average molecular weight is 210 g/mol. The van der Waals surface area contributed by atoms with Crippen molar-refractivity contribution >= 4 is 17.3 Å². The molecule has 0 bridgehead atoms. The van der Waals surface area contributed by atoms with Crippen molar-refractivity contribution in [2.24, 2.45) is 4.99 Å². The second-order valence-corrected chi connectivity index (χ2v) is 4.31. The van der Waals surface area contributed by atoms with E-state index in [2.05, 4.69) is 25.6 Å². The van der Waals surface area contributed by atoms with Gasteiger partial charge in [0.05, 0.1) is 13.1 Å². The minimum atomic E-state index is 0.779. The van der Waals surface area contributed by atoms with Crippen LogP contribution in [0.5, 0.6) is 0 Å². The highest BCUT2D eigenvalue weighted by Crippen LogP contribution is 2.08. The third kappa shape index (κ3) is 2.04. The summed E-state index contributed by atoms with van der Waals surface area (Å²) >= 11 is 1.69. The van der Waals surface area contributed by atoms with Gasteiger partial charge in [-0.1, -0.05) is 0 Å². The number of nitrogens with one attached hydrogen (secondary N) is 1. The van der Waals surface area contributed by atoms with Crippen molar-refractivity contribution < 1.29 is 0 Å². The van der Waals surface area contributed by atoms with Crippen molar-refractivity contribution in [1.82, 2.24) is 15.2 Å². The Morgan fingerprint density at radius 2 is 2.50 bits per heavy atom. The van der Waals surface area contributed by atoms with Gasteiger partial charge in [0.15, 0.2) is 5.96 Å². The Morgan fingerprint density at radius 3 is 3.07 bits per heavy atom. The first-order chi connectivity index (χ1) is 6.75. The molecule has 1 N–H and O–H groups in total. The number of aromatic nitrogens is 1. The fourth-order valence-electron chi connectivity index (χ4n) is 1.36. The average Bonchev–Trinajstić information content (AvgIpc) is 2.72. The zero-order valence-electron chi connectivity index (χ0n) is 8.45. The van der Waals surface area contributed by atoms with Crippen molar-refractivity contribution in [3.63, 3.8) is 0 Å². The Balaban J connectivity index is 1.88. The number of hydrogen-bond acceptors (Lipinski definition) is 5. The highest BCUT2D eigenvalue weighted by molar-refractivity contribution is 7.09. The van der Waals surface area contributed by atoms with Gasteiger partial charge in [0.2, 0.25) is 0 Å². The second kappa shape index (κ2) is 3.96. The van der Waals surface area contributed by atoms with Crippen LogP contribution < -0.4 is 5.32 Å². The van der Waals surface area contributed by atoms with E-state index in [9.17, 15) is 0 Å². The predicted octanol–water partition coefficient (Wildman–Crippen LogP) is 0.843. The normalized spacial score (nSPS) is 15.9. The zero-order valence-corrected chi connectivity index (χ0v) is 9.27. The van der Waals surface area contributed by atoms with E-state index >= 15 is 0 Å². The quantitative estimate of drug-likeness (QED) is 0.786. The van der Waals surface area contributed by atoms with E-state index in [1.807, 2.05) is 14.0 Å². The van der Waals surface area contributed by atoms with Crippen LogP contribution in [0, 0.1) is 6.92 Å². The molecule has 1 aliphatic heterocycles. The van der Waals surface area contributed by atoms with E-state index in [1.54, 1.807) is 11.3 Å². The van der Waals surface area contributed by atoms with Crippen molar-refractivity contribution in [2.75, 3.05) is 20.1 Å². The van der Waals surface area contributed by atoms with E-state index in [0.29, 0.717) is 0 Å². The molecule has 5 heteroatoms. The van der Waals surface area contributed by atoms with Gasteiger partial charge in [0, 0.05) is 24.7 Å². The van der Waals surface area contributed by atoms with Crippen LogP contribution in [0.4, 0.5) is 0 Å². The number of hydrogen-bond donors (Lipinski definition) is 1. The number of likely N-dealkylation sites (N-methyl/N-ethyl adjacent to an activating group) is 1. The summed E-state index contributed by atoms with van der Waals surface area (Å²) in [5.74, 6) is 0.984. The number of aliphatic imine (C=N–C) groups is 1. The lowest BCUT2D eigenvalue weighted by molar-refractivity contribution is 0.534. The molecule has 4 nitrogen and oxygen atoms in total. The molecule has 1 aromatic rings. The first-order valence-corrected chi connectivity index (χ1v) is 5.54. The van der Waals surface area contributed by atoms with E-state index < -0.39 is 0 Å². The van der Waals surface area contributed by atoms with Gasteiger partial charge in [-0.15, -0.1) is 11.3 Å². The summed E-state index contributed by atoms with van der Waals surface area (Å²) in [6, 6.07) is 0. The Morgan fingerprint density at radius 1 is 1.64 bits per heavy atom. The van der Waals surface area contributed by atoms with Crippen LogP contribution in [0.2, 0.25) is 0 Å². The highest BCUT2D eigenvalue weighted by Gasteiger charge is 2.11. The van der Waals surface area contributed by atoms with Crippen LogP contribution in [-0.4, -0.2) is 36.0 Å². The largest absolute Gasteiger partial charge is 0.350 e. The van der Waals surface area contributed by atoms with Crippen molar-refractivity contribution in [1.29, 1.82) is 0 Å². The first kappa shape index (κ1) is 9.45. The number of nitrogens with zero attached hydrogens (tertiary/aromatic N) is 3. The van der Waals surface area contributed by atoms with Crippen LogP contribution >= 0.6 is 11.3 Å². The van der Waals surface area contributed by atoms with Crippen LogP contribution in [0.1, 0.15) is 10.7 Å². The topological polar surface area (TPSA) is 40.5 Å². The molecule has 2 rings (SSSR count). The second-order valence-electron chi connectivity index (χ2n) is 3.36. The fraction of sp³-hybridized carbons (Fsp3) is 0.556. The molecule has 0 amide bonds. The number of aryl methyl sites for hydroxylation is 1. The minimum Gasteiger partial charge on any atom is -0.350 e. The molecule has 1 aliphatic rings. The first-order valence-electron chi connectivity index (χ1n) is 4.66. The van der Waals surface area contributed by atoms with Gasteiger partial charge in [-0.25, -0.2) is 4.98 Å². The molecule has 1 aromatic heterocycles. The molecule has 76 valence electrons. The molecule has 0 saturated heterocycles. The van der Waals surface area contributed by atoms with Crippen molar-refractivity contribution in [3.8, 4) is 0 Å². The van der Waals surface area contributed by atoms with Gasteiger partial charge in [-0.3, -0.25) is 4.99 Å². The molecule has 0 saturated carbocycles. The summed E-state index contributed by atoms with van der Waals surface area (Å²) in [6.45, 7) is 4.70. The fourth-order valence-corrected chi connectivity index (χ4v) is 2.07. The maximum atomic E-state index is 4.38. The van der Waals surface area contributed by atoms with E-state index in [1.165, 1.54) is 0 Å². The molecule has 0 unspecified atom stereocenters.